The summed E-state index contributed by atoms with van der Waals surface area (Å²) in [5, 5.41) is 10.3. The fraction of sp³-hybridized carbons (Fsp3) is 0.652. The molecule has 0 aliphatic heterocycles. The SMILES string of the molecule is C[C@H]1C[C@H]2[C@@H]3CCC4=CC(=O)C=C[C@]4(C)[C@H]3C(=O)C[C@]2(C)[C@@]1(OC(=O)C(Cl)Cl)C(=O)O. The number of aliphatic carboxylic acids is 1. The van der Waals surface area contributed by atoms with Crippen LogP contribution in [0.2, 0.25) is 0 Å². The molecular weight excluding hydrogens is 443 g/mol. The van der Waals surface area contributed by atoms with Gasteiger partial charge in [0.25, 0.3) is 0 Å². The molecule has 3 fully saturated rings. The van der Waals surface area contributed by atoms with E-state index in [1.54, 1.807) is 19.9 Å². The lowest BCUT2D eigenvalue weighted by Crippen LogP contribution is -2.63. The second-order valence-electron chi connectivity index (χ2n) is 9.93. The molecule has 4 aliphatic rings. The Balaban J connectivity index is 1.79. The number of ketones is 2. The van der Waals surface area contributed by atoms with Crippen molar-refractivity contribution < 1.29 is 29.0 Å². The fourth-order valence-electron chi connectivity index (χ4n) is 7.27. The lowest BCUT2D eigenvalue weighted by Gasteiger charge is -2.56. The molecule has 168 valence electrons. The van der Waals surface area contributed by atoms with Gasteiger partial charge in [-0.1, -0.05) is 55.6 Å². The minimum Gasteiger partial charge on any atom is -0.478 e. The summed E-state index contributed by atoms with van der Waals surface area (Å²) in [6, 6.07) is 0. The molecule has 0 radical (unpaired) electrons. The predicted molar refractivity (Wildman–Crippen MR) is 114 cm³/mol. The van der Waals surface area contributed by atoms with E-state index < -0.39 is 39.1 Å². The van der Waals surface area contributed by atoms with Crippen LogP contribution < -0.4 is 0 Å². The van der Waals surface area contributed by atoms with Gasteiger partial charge in [-0.05, 0) is 43.3 Å². The van der Waals surface area contributed by atoms with Gasteiger partial charge in [0.2, 0.25) is 10.4 Å². The second-order valence-corrected chi connectivity index (χ2v) is 11.0. The van der Waals surface area contributed by atoms with Crippen LogP contribution in [0.25, 0.3) is 0 Å². The smallest absolute Gasteiger partial charge is 0.349 e. The molecule has 4 rings (SSSR count). The first-order valence-corrected chi connectivity index (χ1v) is 11.5. The number of halogens is 2. The van der Waals surface area contributed by atoms with E-state index in [4.69, 9.17) is 27.9 Å². The van der Waals surface area contributed by atoms with Gasteiger partial charge in [0.1, 0.15) is 5.78 Å². The highest BCUT2D eigenvalue weighted by Gasteiger charge is 2.73. The van der Waals surface area contributed by atoms with Gasteiger partial charge >= 0.3 is 11.9 Å². The van der Waals surface area contributed by atoms with Crippen LogP contribution in [0.4, 0.5) is 0 Å². The normalized spacial score (nSPS) is 43.7. The summed E-state index contributed by atoms with van der Waals surface area (Å²) in [6.45, 7) is 5.49. The molecule has 7 atom stereocenters. The quantitative estimate of drug-likeness (QED) is 0.498. The van der Waals surface area contributed by atoms with Gasteiger partial charge in [0.05, 0.1) is 0 Å². The van der Waals surface area contributed by atoms with Crippen molar-refractivity contribution in [1.82, 2.24) is 0 Å². The van der Waals surface area contributed by atoms with Crippen LogP contribution in [0, 0.1) is 34.5 Å². The number of carbonyl (C=O) groups excluding carboxylic acids is 3. The van der Waals surface area contributed by atoms with Crippen molar-refractivity contribution in [2.45, 2.75) is 56.9 Å². The summed E-state index contributed by atoms with van der Waals surface area (Å²) in [4.78, 5) is 49.0. The van der Waals surface area contributed by atoms with Crippen molar-refractivity contribution in [2.24, 2.45) is 34.5 Å². The number of ether oxygens (including phenoxy) is 1. The van der Waals surface area contributed by atoms with Crippen molar-refractivity contribution in [2.75, 3.05) is 0 Å². The van der Waals surface area contributed by atoms with Crippen LogP contribution in [0.1, 0.15) is 46.5 Å². The average Bonchev–Trinajstić information content (AvgIpc) is 2.89. The molecule has 0 amide bonds. The summed E-state index contributed by atoms with van der Waals surface area (Å²) in [7, 11) is 0. The minimum atomic E-state index is -1.88. The Morgan fingerprint density at radius 3 is 2.55 bits per heavy atom. The minimum absolute atomic E-state index is 0.0252. The number of hydrogen-bond donors (Lipinski definition) is 1. The maximum Gasteiger partial charge on any atom is 0.349 e. The van der Waals surface area contributed by atoms with Gasteiger partial charge < -0.3 is 9.84 Å². The number of fused-ring (bicyclic) bond motifs is 5. The van der Waals surface area contributed by atoms with Gasteiger partial charge in [-0.15, -0.1) is 0 Å². The van der Waals surface area contributed by atoms with E-state index in [9.17, 15) is 24.3 Å². The van der Waals surface area contributed by atoms with Gasteiger partial charge in [-0.3, -0.25) is 9.59 Å². The lowest BCUT2D eigenvalue weighted by atomic mass is 9.47. The Bertz CT molecular complexity index is 938. The number of hydrogen-bond acceptors (Lipinski definition) is 5. The molecule has 0 heterocycles. The summed E-state index contributed by atoms with van der Waals surface area (Å²) in [5.74, 6) is -3.47. The zero-order chi connectivity index (χ0) is 22.9. The Morgan fingerprint density at radius 2 is 1.94 bits per heavy atom. The Morgan fingerprint density at radius 1 is 1.26 bits per heavy atom. The number of alkyl halides is 2. The summed E-state index contributed by atoms with van der Waals surface area (Å²) < 4.78 is 5.56. The molecule has 0 bridgehead atoms. The molecule has 0 aromatic carbocycles. The van der Waals surface area contributed by atoms with Crippen molar-refractivity contribution in [3.8, 4) is 0 Å². The van der Waals surface area contributed by atoms with E-state index in [-0.39, 0.29) is 35.7 Å². The lowest BCUT2D eigenvalue weighted by molar-refractivity contribution is -0.205. The highest BCUT2D eigenvalue weighted by Crippen LogP contribution is 2.68. The molecule has 0 saturated heterocycles. The Hall–Kier alpha value is -1.66. The van der Waals surface area contributed by atoms with Gasteiger partial charge in [0.15, 0.2) is 5.78 Å². The molecule has 3 saturated carbocycles. The second kappa shape index (κ2) is 7.17. The van der Waals surface area contributed by atoms with Crippen LogP contribution in [-0.4, -0.2) is 39.0 Å². The van der Waals surface area contributed by atoms with Crippen molar-refractivity contribution in [1.29, 1.82) is 0 Å². The molecule has 0 aromatic heterocycles. The van der Waals surface area contributed by atoms with E-state index in [1.807, 2.05) is 13.0 Å². The fourth-order valence-corrected chi connectivity index (χ4v) is 7.36. The maximum atomic E-state index is 13.6. The molecular formula is C23H26Cl2O6. The van der Waals surface area contributed by atoms with Crippen molar-refractivity contribution >= 4 is 46.7 Å². The van der Waals surface area contributed by atoms with E-state index in [2.05, 4.69) is 0 Å². The third kappa shape index (κ3) is 2.90. The zero-order valence-electron chi connectivity index (χ0n) is 17.7. The van der Waals surface area contributed by atoms with E-state index in [1.165, 1.54) is 6.08 Å². The predicted octanol–water partition coefficient (Wildman–Crippen LogP) is 3.89. The highest BCUT2D eigenvalue weighted by atomic mass is 35.5. The third-order valence-electron chi connectivity index (χ3n) is 8.55. The van der Waals surface area contributed by atoms with Crippen LogP contribution in [0.15, 0.2) is 23.8 Å². The number of allylic oxidation sites excluding steroid dienone is 4. The summed E-state index contributed by atoms with van der Waals surface area (Å²) in [6.07, 6.45) is 6.85. The topological polar surface area (TPSA) is 97.7 Å². The average molecular weight is 469 g/mol. The maximum absolute atomic E-state index is 13.6. The summed E-state index contributed by atoms with van der Waals surface area (Å²) in [5.41, 5.74) is -2.55. The van der Waals surface area contributed by atoms with E-state index >= 15 is 0 Å². The Kier molecular flexibility index (Phi) is 5.21. The molecule has 8 heteroatoms. The van der Waals surface area contributed by atoms with Crippen molar-refractivity contribution in [3.05, 3.63) is 23.8 Å². The molecule has 6 nitrogen and oxygen atoms in total. The molecule has 1 N–H and O–H groups in total. The summed E-state index contributed by atoms with van der Waals surface area (Å²) >= 11 is 11.4. The first-order valence-electron chi connectivity index (χ1n) is 10.6. The number of rotatable bonds is 3. The van der Waals surface area contributed by atoms with E-state index in [0.717, 1.165) is 5.57 Å². The number of carboxylic acid groups (broad SMARTS) is 1. The molecule has 0 unspecified atom stereocenters. The Labute approximate surface area is 191 Å². The number of carboxylic acids is 1. The molecule has 0 spiro atoms. The largest absolute Gasteiger partial charge is 0.478 e. The molecule has 4 aliphatic carbocycles. The van der Waals surface area contributed by atoms with Crippen LogP contribution in [0.5, 0.6) is 0 Å². The number of Topliss-reactive ketones (excluding diaryl/α,β-unsaturated/α-hetero) is 1. The van der Waals surface area contributed by atoms with Gasteiger partial charge in [-0.25, -0.2) is 9.59 Å². The number of carbonyl (C=O) groups is 4. The standard InChI is InChI=1S/C23H26Cl2O6/c1-11-8-15-14-5-4-12-9-13(26)6-7-21(12,2)17(14)16(27)10-22(15,3)23(11,20(29)30)31-19(28)18(24)25/h6-7,9,11,14-15,17-18H,4-5,8,10H2,1-3H3,(H,29,30)/t11-,14-,15-,17+,21-,22-,23-/m0/s1. The first kappa shape index (κ1) is 22.5. The van der Waals surface area contributed by atoms with E-state index in [0.29, 0.717) is 19.3 Å². The third-order valence-corrected chi connectivity index (χ3v) is 8.91. The number of esters is 1. The van der Waals surface area contributed by atoms with Crippen LogP contribution >= 0.6 is 23.2 Å². The van der Waals surface area contributed by atoms with Gasteiger partial charge in [-0.2, -0.15) is 0 Å². The van der Waals surface area contributed by atoms with Gasteiger partial charge in [0, 0.05) is 29.1 Å². The first-order chi connectivity index (χ1) is 14.4. The zero-order valence-corrected chi connectivity index (χ0v) is 19.2. The highest BCUT2D eigenvalue weighted by molar-refractivity contribution is 6.53. The van der Waals surface area contributed by atoms with Crippen LogP contribution in [-0.2, 0) is 23.9 Å². The van der Waals surface area contributed by atoms with Crippen LogP contribution in [0.3, 0.4) is 0 Å². The monoisotopic (exact) mass is 468 g/mol. The molecule has 31 heavy (non-hydrogen) atoms. The molecule has 0 aromatic rings. The van der Waals surface area contributed by atoms with Crippen molar-refractivity contribution in [3.63, 3.8) is 0 Å².